The Morgan fingerprint density at radius 3 is 2.52 bits per heavy atom. The number of likely N-dealkylation sites (tertiary alicyclic amines) is 1. The van der Waals surface area contributed by atoms with Gasteiger partial charge in [-0.25, -0.2) is 0 Å². The molecule has 0 unspecified atom stereocenters. The second-order valence-corrected chi connectivity index (χ2v) is 7.25. The number of carbonyl (C=O) groups is 2. The molecule has 4 nitrogen and oxygen atoms in total. The van der Waals surface area contributed by atoms with Gasteiger partial charge in [0.25, 0.3) is 0 Å². The molecule has 0 atom stereocenters. The van der Waals surface area contributed by atoms with E-state index in [-0.39, 0.29) is 11.8 Å². The molecule has 1 N–H and O–H groups in total. The van der Waals surface area contributed by atoms with Crippen molar-refractivity contribution in [2.45, 2.75) is 46.0 Å². The summed E-state index contributed by atoms with van der Waals surface area (Å²) in [5.74, 6) is -0.834. The van der Waals surface area contributed by atoms with Crippen molar-refractivity contribution in [1.82, 2.24) is 4.90 Å². The minimum absolute atomic E-state index is 0.170. The summed E-state index contributed by atoms with van der Waals surface area (Å²) in [5, 5.41) is 8.96. The summed E-state index contributed by atoms with van der Waals surface area (Å²) in [6, 6.07) is 2.21. The standard InChI is InChI=1S/C16H23NO3S/c1-11-10-14(12(2)21-11)4-3-5-15(18)17-8-6-13(7-9-17)16(19)20/h10,13H,3-9H2,1-2H3,(H,19,20). The number of nitrogens with zero attached hydrogens (tertiary/aromatic N) is 1. The van der Waals surface area contributed by atoms with E-state index in [1.807, 2.05) is 16.2 Å². The Balaban J connectivity index is 1.73. The van der Waals surface area contributed by atoms with Crippen LogP contribution in [0.5, 0.6) is 0 Å². The predicted molar refractivity (Wildman–Crippen MR) is 83.7 cm³/mol. The van der Waals surface area contributed by atoms with E-state index in [9.17, 15) is 9.59 Å². The summed E-state index contributed by atoms with van der Waals surface area (Å²) in [6.45, 7) is 5.42. The first-order valence-corrected chi connectivity index (χ1v) is 8.35. The van der Waals surface area contributed by atoms with E-state index in [2.05, 4.69) is 19.9 Å². The molecule has 2 rings (SSSR count). The molecule has 0 aliphatic carbocycles. The van der Waals surface area contributed by atoms with Crippen molar-refractivity contribution < 1.29 is 14.7 Å². The molecule has 0 bridgehead atoms. The smallest absolute Gasteiger partial charge is 0.306 e. The van der Waals surface area contributed by atoms with E-state index < -0.39 is 5.97 Å². The highest BCUT2D eigenvalue weighted by molar-refractivity contribution is 7.12. The largest absolute Gasteiger partial charge is 0.481 e. The van der Waals surface area contributed by atoms with E-state index in [0.717, 1.165) is 12.8 Å². The molecule has 0 saturated carbocycles. The minimum atomic E-state index is -0.731. The topological polar surface area (TPSA) is 57.6 Å². The van der Waals surface area contributed by atoms with Crippen LogP contribution in [0, 0.1) is 19.8 Å². The fraction of sp³-hybridized carbons (Fsp3) is 0.625. The zero-order valence-corrected chi connectivity index (χ0v) is 13.5. The fourth-order valence-electron chi connectivity index (χ4n) is 2.90. The highest BCUT2D eigenvalue weighted by Crippen LogP contribution is 2.23. The number of carboxylic acids is 1. The second-order valence-electron chi connectivity index (χ2n) is 5.79. The molecule has 1 saturated heterocycles. The Bertz CT molecular complexity index is 516. The molecule has 21 heavy (non-hydrogen) atoms. The van der Waals surface area contributed by atoms with Crippen molar-refractivity contribution in [3.8, 4) is 0 Å². The molecule has 2 heterocycles. The molecule has 1 aromatic rings. The number of carbonyl (C=O) groups excluding carboxylic acids is 1. The third-order valence-electron chi connectivity index (χ3n) is 4.18. The van der Waals surface area contributed by atoms with Gasteiger partial charge in [-0.15, -0.1) is 11.3 Å². The molecule has 1 amide bonds. The molecule has 1 aliphatic rings. The summed E-state index contributed by atoms with van der Waals surface area (Å²) < 4.78 is 0. The van der Waals surface area contributed by atoms with Crippen LogP contribution in [0.4, 0.5) is 0 Å². The quantitative estimate of drug-likeness (QED) is 0.909. The first kappa shape index (κ1) is 16.0. The maximum Gasteiger partial charge on any atom is 0.306 e. The summed E-state index contributed by atoms with van der Waals surface area (Å²) >= 11 is 1.81. The molecule has 1 aliphatic heterocycles. The number of carboxylic acid groups (broad SMARTS) is 1. The minimum Gasteiger partial charge on any atom is -0.481 e. The van der Waals surface area contributed by atoms with Gasteiger partial charge in [0, 0.05) is 29.3 Å². The Hall–Kier alpha value is -1.36. The van der Waals surface area contributed by atoms with E-state index >= 15 is 0 Å². The van der Waals surface area contributed by atoms with Gasteiger partial charge >= 0.3 is 5.97 Å². The molecule has 1 aromatic heterocycles. The van der Waals surface area contributed by atoms with Crippen LogP contribution < -0.4 is 0 Å². The van der Waals surface area contributed by atoms with Crippen LogP contribution in [-0.4, -0.2) is 35.0 Å². The van der Waals surface area contributed by atoms with Crippen LogP contribution in [0.15, 0.2) is 6.07 Å². The number of aliphatic carboxylic acids is 1. The predicted octanol–water partition coefficient (Wildman–Crippen LogP) is 3.01. The molecule has 1 fully saturated rings. The average Bonchev–Trinajstić information content (AvgIpc) is 2.77. The highest BCUT2D eigenvalue weighted by atomic mass is 32.1. The van der Waals surface area contributed by atoms with Gasteiger partial charge < -0.3 is 10.0 Å². The van der Waals surface area contributed by atoms with Crippen LogP contribution >= 0.6 is 11.3 Å². The van der Waals surface area contributed by atoms with E-state index in [1.54, 1.807) is 0 Å². The van der Waals surface area contributed by atoms with E-state index in [0.29, 0.717) is 32.4 Å². The number of hydrogen-bond acceptors (Lipinski definition) is 3. The number of rotatable bonds is 5. The maximum atomic E-state index is 12.1. The lowest BCUT2D eigenvalue weighted by molar-refractivity contribution is -0.145. The molecule has 5 heteroatoms. The van der Waals surface area contributed by atoms with Crippen molar-refractivity contribution in [2.75, 3.05) is 13.1 Å². The summed E-state index contributed by atoms with van der Waals surface area (Å²) in [6.07, 6.45) is 3.56. The zero-order valence-electron chi connectivity index (χ0n) is 12.7. The summed E-state index contributed by atoms with van der Waals surface area (Å²) in [7, 11) is 0. The SMILES string of the molecule is Cc1cc(CCCC(=O)N2CCC(C(=O)O)CC2)c(C)s1. The monoisotopic (exact) mass is 309 g/mol. The summed E-state index contributed by atoms with van der Waals surface area (Å²) in [5.41, 5.74) is 1.36. The Morgan fingerprint density at radius 1 is 1.33 bits per heavy atom. The van der Waals surface area contributed by atoms with Crippen LogP contribution in [0.1, 0.15) is 41.0 Å². The molecule has 0 radical (unpaired) electrons. The molecule has 0 spiro atoms. The first-order valence-electron chi connectivity index (χ1n) is 7.54. The normalized spacial score (nSPS) is 16.2. The van der Waals surface area contributed by atoms with Gasteiger partial charge in [0.05, 0.1) is 5.92 Å². The van der Waals surface area contributed by atoms with Gasteiger partial charge in [-0.3, -0.25) is 9.59 Å². The lowest BCUT2D eigenvalue weighted by atomic mass is 9.97. The van der Waals surface area contributed by atoms with Crippen LogP contribution in [0.2, 0.25) is 0 Å². The van der Waals surface area contributed by atoms with Gasteiger partial charge in [-0.2, -0.15) is 0 Å². The van der Waals surface area contributed by atoms with Crippen molar-refractivity contribution in [3.63, 3.8) is 0 Å². The maximum absolute atomic E-state index is 12.1. The molecular formula is C16H23NO3S. The fourth-order valence-corrected chi connectivity index (χ4v) is 3.87. The molecular weight excluding hydrogens is 286 g/mol. The van der Waals surface area contributed by atoms with Gasteiger partial charge in [0.1, 0.15) is 0 Å². The van der Waals surface area contributed by atoms with Crippen LogP contribution in [0.25, 0.3) is 0 Å². The van der Waals surface area contributed by atoms with Crippen LogP contribution in [-0.2, 0) is 16.0 Å². The number of piperidine rings is 1. The van der Waals surface area contributed by atoms with Crippen molar-refractivity contribution in [3.05, 3.63) is 21.4 Å². The van der Waals surface area contributed by atoms with Crippen molar-refractivity contribution in [1.29, 1.82) is 0 Å². The Morgan fingerprint density at radius 2 is 2.00 bits per heavy atom. The van der Waals surface area contributed by atoms with Gasteiger partial charge in [0.2, 0.25) is 5.91 Å². The Kier molecular flexibility index (Phi) is 5.39. The second kappa shape index (κ2) is 7.07. The van der Waals surface area contributed by atoms with Crippen molar-refractivity contribution in [2.24, 2.45) is 5.92 Å². The number of amides is 1. The molecule has 116 valence electrons. The number of hydrogen-bond donors (Lipinski definition) is 1. The number of thiophene rings is 1. The first-order chi connectivity index (χ1) is 9.97. The van der Waals surface area contributed by atoms with Gasteiger partial charge in [-0.1, -0.05) is 0 Å². The third kappa shape index (κ3) is 4.30. The van der Waals surface area contributed by atoms with Crippen LogP contribution in [0.3, 0.4) is 0 Å². The van der Waals surface area contributed by atoms with Gasteiger partial charge in [-0.05, 0) is 51.2 Å². The number of aryl methyl sites for hydroxylation is 3. The lowest BCUT2D eigenvalue weighted by Gasteiger charge is -2.30. The third-order valence-corrected chi connectivity index (χ3v) is 5.19. The van der Waals surface area contributed by atoms with E-state index in [1.165, 1.54) is 15.3 Å². The van der Waals surface area contributed by atoms with Crippen molar-refractivity contribution >= 4 is 23.2 Å². The highest BCUT2D eigenvalue weighted by Gasteiger charge is 2.26. The zero-order chi connectivity index (χ0) is 15.4. The van der Waals surface area contributed by atoms with E-state index in [4.69, 9.17) is 5.11 Å². The summed E-state index contributed by atoms with van der Waals surface area (Å²) in [4.78, 5) is 27.5. The Labute approximate surface area is 129 Å². The molecule has 0 aromatic carbocycles. The average molecular weight is 309 g/mol. The van der Waals surface area contributed by atoms with Gasteiger partial charge in [0.15, 0.2) is 0 Å². The lowest BCUT2D eigenvalue weighted by Crippen LogP contribution is -2.40.